The van der Waals surface area contributed by atoms with Crippen molar-refractivity contribution in [1.29, 1.82) is 0 Å². The molecule has 0 saturated carbocycles. The van der Waals surface area contributed by atoms with E-state index in [0.717, 1.165) is 37.3 Å². The number of hydrogen-bond donors (Lipinski definition) is 1. The van der Waals surface area contributed by atoms with Gasteiger partial charge in [-0.15, -0.1) is 0 Å². The molecule has 1 aromatic heterocycles. The van der Waals surface area contributed by atoms with Gasteiger partial charge in [0.05, 0.1) is 23.8 Å². The number of nitrogens with zero attached hydrogens (tertiary/aromatic N) is 2. The van der Waals surface area contributed by atoms with Gasteiger partial charge in [-0.25, -0.2) is 8.42 Å². The topological polar surface area (TPSA) is 82.9 Å². The van der Waals surface area contributed by atoms with E-state index in [1.807, 2.05) is 47.4 Å². The standard InChI is InChI=1S/C22H29N3O4S/c26-22(23-17-19(20-9-6-14-29-20)24-10-4-5-11-24)21(18-7-2-1-3-8-18)25-12-15-30(27,28)16-13-25/h1-3,6-9,14,19,21H,4-5,10-13,15-17H2,(H,23,26). The predicted octanol–water partition coefficient (Wildman–Crippen LogP) is 2.00. The second-order valence-corrected chi connectivity index (χ2v) is 10.3. The minimum absolute atomic E-state index is 0.00427. The molecule has 0 radical (unpaired) electrons. The van der Waals surface area contributed by atoms with E-state index >= 15 is 0 Å². The third-order valence-corrected chi connectivity index (χ3v) is 7.64. The average Bonchev–Trinajstić information content (AvgIpc) is 3.45. The summed E-state index contributed by atoms with van der Waals surface area (Å²) in [4.78, 5) is 17.7. The molecule has 30 heavy (non-hydrogen) atoms. The highest BCUT2D eigenvalue weighted by atomic mass is 32.2. The van der Waals surface area contributed by atoms with Gasteiger partial charge in [-0.05, 0) is 43.6 Å². The summed E-state index contributed by atoms with van der Waals surface area (Å²) < 4.78 is 29.4. The van der Waals surface area contributed by atoms with Gasteiger partial charge in [-0.1, -0.05) is 30.3 Å². The lowest BCUT2D eigenvalue weighted by molar-refractivity contribution is -0.127. The molecular weight excluding hydrogens is 402 g/mol. The second-order valence-electron chi connectivity index (χ2n) is 8.02. The van der Waals surface area contributed by atoms with Gasteiger partial charge in [0.25, 0.3) is 0 Å². The quantitative estimate of drug-likeness (QED) is 0.722. The zero-order valence-corrected chi connectivity index (χ0v) is 17.9. The van der Waals surface area contributed by atoms with Crippen LogP contribution in [0.5, 0.6) is 0 Å². The summed E-state index contributed by atoms with van der Waals surface area (Å²) in [5.41, 5.74) is 0.880. The molecule has 3 heterocycles. The highest BCUT2D eigenvalue weighted by molar-refractivity contribution is 7.91. The van der Waals surface area contributed by atoms with Gasteiger partial charge in [0.1, 0.15) is 11.8 Å². The SMILES string of the molecule is O=C(NCC(c1ccco1)N1CCCC1)C(c1ccccc1)N1CCS(=O)(=O)CC1. The molecule has 162 valence electrons. The molecule has 0 bridgehead atoms. The summed E-state index contributed by atoms with van der Waals surface area (Å²) in [7, 11) is -3.02. The first-order valence-electron chi connectivity index (χ1n) is 10.6. The van der Waals surface area contributed by atoms with E-state index in [-0.39, 0.29) is 23.5 Å². The van der Waals surface area contributed by atoms with E-state index in [9.17, 15) is 13.2 Å². The first-order valence-corrected chi connectivity index (χ1v) is 12.4. The van der Waals surface area contributed by atoms with Crippen LogP contribution in [0.3, 0.4) is 0 Å². The Hall–Kier alpha value is -2.16. The summed E-state index contributed by atoms with van der Waals surface area (Å²) in [5.74, 6) is 0.938. The van der Waals surface area contributed by atoms with Gasteiger partial charge in [0.2, 0.25) is 5.91 Å². The number of carbonyl (C=O) groups excluding carboxylic acids is 1. The molecule has 1 N–H and O–H groups in total. The molecule has 2 aromatic rings. The Morgan fingerprint density at radius 2 is 1.67 bits per heavy atom. The van der Waals surface area contributed by atoms with Crippen LogP contribution in [-0.2, 0) is 14.6 Å². The zero-order valence-electron chi connectivity index (χ0n) is 17.1. The highest BCUT2D eigenvalue weighted by Gasteiger charge is 2.33. The average molecular weight is 432 g/mol. The fraction of sp³-hybridized carbons (Fsp3) is 0.500. The van der Waals surface area contributed by atoms with Gasteiger partial charge in [-0.2, -0.15) is 0 Å². The van der Waals surface area contributed by atoms with Crippen LogP contribution in [0.25, 0.3) is 0 Å². The largest absolute Gasteiger partial charge is 0.468 e. The van der Waals surface area contributed by atoms with Crippen molar-refractivity contribution in [3.05, 3.63) is 60.1 Å². The second kappa shape index (κ2) is 9.32. The Morgan fingerprint density at radius 3 is 2.30 bits per heavy atom. The zero-order chi connectivity index (χ0) is 21.0. The molecule has 2 atom stereocenters. The lowest BCUT2D eigenvalue weighted by atomic mass is 10.0. The van der Waals surface area contributed by atoms with Gasteiger partial charge in [-0.3, -0.25) is 14.6 Å². The molecule has 2 unspecified atom stereocenters. The number of rotatable bonds is 7. The number of hydrogen-bond acceptors (Lipinski definition) is 6. The molecule has 2 fully saturated rings. The lowest BCUT2D eigenvalue weighted by Gasteiger charge is -2.34. The molecule has 0 aliphatic carbocycles. The monoisotopic (exact) mass is 431 g/mol. The summed E-state index contributed by atoms with van der Waals surface area (Å²) in [5, 5.41) is 3.13. The molecule has 0 spiro atoms. The number of sulfone groups is 1. The lowest BCUT2D eigenvalue weighted by Crippen LogP contribution is -2.48. The van der Waals surface area contributed by atoms with Crippen molar-refractivity contribution in [2.24, 2.45) is 0 Å². The smallest absolute Gasteiger partial charge is 0.242 e. The maximum absolute atomic E-state index is 13.3. The van der Waals surface area contributed by atoms with E-state index in [0.29, 0.717) is 19.6 Å². The van der Waals surface area contributed by atoms with Crippen molar-refractivity contribution in [2.45, 2.75) is 24.9 Å². The molecule has 4 rings (SSSR count). The molecule has 7 nitrogen and oxygen atoms in total. The van der Waals surface area contributed by atoms with Gasteiger partial charge < -0.3 is 9.73 Å². The number of nitrogens with one attached hydrogen (secondary N) is 1. The molecule has 1 aromatic carbocycles. The van der Waals surface area contributed by atoms with Gasteiger partial charge >= 0.3 is 0 Å². The molecule has 2 aliphatic rings. The van der Waals surface area contributed by atoms with Crippen molar-refractivity contribution in [3.63, 3.8) is 0 Å². The minimum atomic E-state index is -3.02. The Bertz CT molecular complexity index is 911. The summed E-state index contributed by atoms with van der Waals surface area (Å²) >= 11 is 0. The summed E-state index contributed by atoms with van der Waals surface area (Å²) in [6, 6.07) is 12.9. The van der Waals surface area contributed by atoms with Crippen molar-refractivity contribution < 1.29 is 17.6 Å². The van der Waals surface area contributed by atoms with Crippen LogP contribution in [0, 0.1) is 0 Å². The Balaban J connectivity index is 1.50. The maximum Gasteiger partial charge on any atom is 0.242 e. The Labute approximate surface area is 178 Å². The normalized spacial score (nSPS) is 21.9. The van der Waals surface area contributed by atoms with Crippen LogP contribution in [0.4, 0.5) is 0 Å². The molecular formula is C22H29N3O4S. The predicted molar refractivity (Wildman–Crippen MR) is 115 cm³/mol. The van der Waals surface area contributed by atoms with E-state index in [1.165, 1.54) is 0 Å². The third kappa shape index (κ3) is 4.94. The summed E-state index contributed by atoms with van der Waals surface area (Å²) in [6.07, 6.45) is 3.97. The van der Waals surface area contributed by atoms with E-state index in [1.54, 1.807) is 6.26 Å². The van der Waals surface area contributed by atoms with Crippen LogP contribution >= 0.6 is 0 Å². The molecule has 8 heteroatoms. The number of benzene rings is 1. The summed E-state index contributed by atoms with van der Waals surface area (Å²) in [6.45, 7) is 3.18. The molecule has 1 amide bonds. The Morgan fingerprint density at radius 1 is 0.967 bits per heavy atom. The van der Waals surface area contributed by atoms with Crippen molar-refractivity contribution in [2.75, 3.05) is 44.2 Å². The maximum atomic E-state index is 13.3. The van der Waals surface area contributed by atoms with Crippen LogP contribution in [0.15, 0.2) is 53.1 Å². The van der Waals surface area contributed by atoms with Crippen molar-refractivity contribution in [3.8, 4) is 0 Å². The first kappa shape index (κ1) is 21.1. The van der Waals surface area contributed by atoms with Crippen LogP contribution in [0.2, 0.25) is 0 Å². The van der Waals surface area contributed by atoms with Crippen molar-refractivity contribution in [1.82, 2.24) is 15.1 Å². The number of furan rings is 1. The van der Waals surface area contributed by atoms with Crippen molar-refractivity contribution >= 4 is 15.7 Å². The number of amides is 1. The minimum Gasteiger partial charge on any atom is -0.468 e. The van der Waals surface area contributed by atoms with Gasteiger partial charge in [0, 0.05) is 19.6 Å². The van der Waals surface area contributed by atoms with Crippen LogP contribution in [-0.4, -0.2) is 68.4 Å². The van der Waals surface area contributed by atoms with Crippen LogP contribution < -0.4 is 5.32 Å². The fourth-order valence-electron chi connectivity index (χ4n) is 4.39. The van der Waals surface area contributed by atoms with E-state index in [2.05, 4.69) is 10.2 Å². The van der Waals surface area contributed by atoms with E-state index in [4.69, 9.17) is 4.42 Å². The molecule has 2 saturated heterocycles. The fourth-order valence-corrected chi connectivity index (χ4v) is 5.62. The van der Waals surface area contributed by atoms with Crippen LogP contribution in [0.1, 0.15) is 36.2 Å². The van der Waals surface area contributed by atoms with Gasteiger partial charge in [0.15, 0.2) is 9.84 Å². The molecule has 2 aliphatic heterocycles. The van der Waals surface area contributed by atoms with E-state index < -0.39 is 15.9 Å². The Kier molecular flexibility index (Phi) is 6.55. The number of carbonyl (C=O) groups is 1. The number of likely N-dealkylation sites (tertiary alicyclic amines) is 1. The third-order valence-electron chi connectivity index (χ3n) is 6.03. The highest BCUT2D eigenvalue weighted by Crippen LogP contribution is 2.27. The first-order chi connectivity index (χ1) is 14.5.